The predicted molar refractivity (Wildman–Crippen MR) is 98.6 cm³/mol. The number of hydrogen-bond donors (Lipinski definition) is 2. The fourth-order valence-corrected chi connectivity index (χ4v) is 3.67. The molecule has 0 unspecified atom stereocenters. The zero-order chi connectivity index (χ0) is 17.0. The molecule has 0 spiro atoms. The molecule has 0 aliphatic carbocycles. The zero-order valence-electron chi connectivity index (χ0n) is 13.6. The van der Waals surface area contributed by atoms with Gasteiger partial charge >= 0.3 is 0 Å². The zero-order valence-corrected chi connectivity index (χ0v) is 14.4. The highest BCUT2D eigenvalue weighted by Crippen LogP contribution is 2.43. The Morgan fingerprint density at radius 2 is 2.08 bits per heavy atom. The fourth-order valence-electron chi connectivity index (χ4n) is 3.49. The number of fused-ring (bicyclic) bond motifs is 5. The minimum absolute atomic E-state index is 0.245. The van der Waals surface area contributed by atoms with E-state index >= 15 is 0 Å². The average Bonchev–Trinajstić information content (AvgIpc) is 2.81. The van der Waals surface area contributed by atoms with Crippen molar-refractivity contribution in [3.8, 4) is 11.1 Å². The minimum atomic E-state index is 0.245. The Bertz CT molecular complexity index is 987. The van der Waals surface area contributed by atoms with Crippen LogP contribution in [0.15, 0.2) is 31.1 Å². The molecule has 3 heterocycles. The molecule has 6 heteroatoms. The smallest absolute Gasteiger partial charge is 0.146 e. The first-order valence-electron chi connectivity index (χ1n) is 7.85. The highest BCUT2D eigenvalue weighted by Gasteiger charge is 2.27. The summed E-state index contributed by atoms with van der Waals surface area (Å²) < 4.78 is 2.21. The molecule has 3 aromatic rings. The molecular formula is C18H18ClN5. The van der Waals surface area contributed by atoms with Crippen LogP contribution in [0.5, 0.6) is 0 Å². The van der Waals surface area contributed by atoms with Crippen LogP contribution in [0.4, 0.5) is 5.82 Å². The van der Waals surface area contributed by atoms with E-state index in [4.69, 9.17) is 17.3 Å². The molecule has 1 aromatic carbocycles. The summed E-state index contributed by atoms with van der Waals surface area (Å²) in [5, 5.41) is 4.96. The van der Waals surface area contributed by atoms with Gasteiger partial charge in [0.25, 0.3) is 0 Å². The molecule has 0 bridgehead atoms. The topological polar surface area (TPSA) is 68.8 Å². The minimum Gasteiger partial charge on any atom is -0.383 e. The number of hydrogen-bond acceptors (Lipinski definition) is 4. The molecular weight excluding hydrogens is 322 g/mol. The number of halogens is 1. The number of rotatable bonds is 1. The van der Waals surface area contributed by atoms with Crippen LogP contribution in [0.3, 0.4) is 0 Å². The fraction of sp³-hybridized carbons (Fsp3) is 0.222. The second-order valence-corrected chi connectivity index (χ2v) is 6.70. The Hall–Kier alpha value is -2.53. The van der Waals surface area contributed by atoms with Crippen LogP contribution in [0.25, 0.3) is 27.9 Å². The van der Waals surface area contributed by atoms with E-state index in [9.17, 15) is 0 Å². The van der Waals surface area contributed by atoms with Gasteiger partial charge in [-0.2, -0.15) is 0 Å². The van der Waals surface area contributed by atoms with Gasteiger partial charge in [0.1, 0.15) is 17.8 Å². The first-order valence-corrected chi connectivity index (χ1v) is 8.23. The van der Waals surface area contributed by atoms with Gasteiger partial charge < -0.3 is 15.6 Å². The summed E-state index contributed by atoms with van der Waals surface area (Å²) in [6.45, 7) is 9.08. The maximum Gasteiger partial charge on any atom is 0.146 e. The molecule has 3 N–H and O–H groups in total. The standard InChI is InChI=1S/C18H18ClN5/c1-9(2)24-14-7-21-10(3)13-6-11(19)4-5-12(13)15(14)16-17(20)22-8-23-18(16)24/h4-6,8-9,21H,3,7H2,1-2H3,(H2,20,22,23). The number of nitrogens with zero attached hydrogens (tertiary/aromatic N) is 3. The van der Waals surface area contributed by atoms with E-state index in [0.717, 1.165) is 39.1 Å². The number of aromatic nitrogens is 3. The van der Waals surface area contributed by atoms with Crippen molar-refractivity contribution in [1.29, 1.82) is 0 Å². The summed E-state index contributed by atoms with van der Waals surface area (Å²) in [5.41, 5.74) is 12.2. The van der Waals surface area contributed by atoms with Crippen LogP contribution in [-0.2, 0) is 6.54 Å². The molecule has 4 rings (SSSR count). The van der Waals surface area contributed by atoms with E-state index < -0.39 is 0 Å². The molecule has 0 saturated carbocycles. The first kappa shape index (κ1) is 15.0. The lowest BCUT2D eigenvalue weighted by molar-refractivity contribution is 0.584. The molecule has 24 heavy (non-hydrogen) atoms. The molecule has 0 saturated heterocycles. The second kappa shape index (κ2) is 5.24. The lowest BCUT2D eigenvalue weighted by atomic mass is 9.97. The summed E-state index contributed by atoms with van der Waals surface area (Å²) in [7, 11) is 0. The molecule has 0 atom stereocenters. The molecule has 2 aromatic heterocycles. The summed E-state index contributed by atoms with van der Waals surface area (Å²) in [6, 6.07) is 6.08. The van der Waals surface area contributed by atoms with E-state index in [-0.39, 0.29) is 6.04 Å². The maximum atomic E-state index is 6.23. The Labute approximate surface area is 145 Å². The van der Waals surface area contributed by atoms with Crippen molar-refractivity contribution >= 4 is 34.1 Å². The monoisotopic (exact) mass is 339 g/mol. The third kappa shape index (κ3) is 2.01. The lowest BCUT2D eigenvalue weighted by Crippen LogP contribution is -2.14. The van der Waals surface area contributed by atoms with Crippen molar-refractivity contribution in [3.63, 3.8) is 0 Å². The molecule has 0 radical (unpaired) electrons. The second-order valence-electron chi connectivity index (χ2n) is 6.26. The predicted octanol–water partition coefficient (Wildman–Crippen LogP) is 3.99. The largest absolute Gasteiger partial charge is 0.383 e. The lowest BCUT2D eigenvalue weighted by Gasteiger charge is -2.14. The van der Waals surface area contributed by atoms with Gasteiger partial charge in [-0.3, -0.25) is 0 Å². The van der Waals surface area contributed by atoms with Gasteiger partial charge in [-0.15, -0.1) is 0 Å². The van der Waals surface area contributed by atoms with E-state index in [1.807, 2.05) is 18.2 Å². The maximum absolute atomic E-state index is 6.23. The quantitative estimate of drug-likeness (QED) is 0.703. The average molecular weight is 340 g/mol. The molecule has 0 amide bonds. The third-order valence-electron chi connectivity index (χ3n) is 4.48. The van der Waals surface area contributed by atoms with E-state index in [1.165, 1.54) is 6.33 Å². The van der Waals surface area contributed by atoms with Crippen molar-refractivity contribution in [1.82, 2.24) is 19.9 Å². The summed E-state index contributed by atoms with van der Waals surface area (Å²) in [4.78, 5) is 8.72. The number of nitrogens with one attached hydrogen (secondary N) is 1. The normalized spacial score (nSPS) is 13.6. The van der Waals surface area contributed by atoms with Gasteiger partial charge in [0.05, 0.1) is 11.9 Å². The van der Waals surface area contributed by atoms with E-state index in [1.54, 1.807) is 0 Å². The Morgan fingerprint density at radius 1 is 1.29 bits per heavy atom. The number of nitrogen functional groups attached to an aromatic ring is 1. The number of nitrogens with two attached hydrogens (primary N) is 1. The Balaban J connectivity index is 2.20. The van der Waals surface area contributed by atoms with Crippen molar-refractivity contribution in [3.05, 3.63) is 47.4 Å². The molecule has 122 valence electrons. The van der Waals surface area contributed by atoms with Crippen LogP contribution in [0.1, 0.15) is 31.1 Å². The van der Waals surface area contributed by atoms with Gasteiger partial charge in [0.15, 0.2) is 0 Å². The Kier molecular flexibility index (Phi) is 3.28. The van der Waals surface area contributed by atoms with Crippen molar-refractivity contribution in [2.24, 2.45) is 0 Å². The highest BCUT2D eigenvalue weighted by atomic mass is 35.5. The summed E-state index contributed by atoms with van der Waals surface area (Å²) >= 11 is 6.20. The highest BCUT2D eigenvalue weighted by molar-refractivity contribution is 6.31. The van der Waals surface area contributed by atoms with Gasteiger partial charge in [-0.25, -0.2) is 9.97 Å². The van der Waals surface area contributed by atoms with Gasteiger partial charge in [0.2, 0.25) is 0 Å². The van der Waals surface area contributed by atoms with E-state index in [0.29, 0.717) is 17.4 Å². The van der Waals surface area contributed by atoms with Crippen molar-refractivity contribution in [2.45, 2.75) is 26.4 Å². The van der Waals surface area contributed by atoms with Crippen LogP contribution in [0.2, 0.25) is 5.02 Å². The van der Waals surface area contributed by atoms with Crippen molar-refractivity contribution in [2.75, 3.05) is 5.73 Å². The molecule has 0 fully saturated rings. The number of anilines is 1. The molecule has 1 aliphatic rings. The van der Waals surface area contributed by atoms with Crippen LogP contribution in [0, 0.1) is 0 Å². The first-order chi connectivity index (χ1) is 11.5. The van der Waals surface area contributed by atoms with E-state index in [2.05, 4.69) is 40.3 Å². The van der Waals surface area contributed by atoms with Gasteiger partial charge in [-0.05, 0) is 31.5 Å². The SMILES string of the molecule is C=C1NCc2c(c3c(N)ncnc3n2C(C)C)-c2ccc(Cl)cc21. The van der Waals surface area contributed by atoms with Gasteiger partial charge in [-0.1, -0.05) is 24.2 Å². The van der Waals surface area contributed by atoms with Crippen LogP contribution in [-0.4, -0.2) is 14.5 Å². The number of benzene rings is 1. The summed E-state index contributed by atoms with van der Waals surface area (Å²) in [5.74, 6) is 0.490. The van der Waals surface area contributed by atoms with Crippen molar-refractivity contribution < 1.29 is 0 Å². The third-order valence-corrected chi connectivity index (χ3v) is 4.71. The van der Waals surface area contributed by atoms with Crippen LogP contribution >= 0.6 is 11.6 Å². The van der Waals surface area contributed by atoms with Gasteiger partial charge in [0, 0.05) is 33.6 Å². The Morgan fingerprint density at radius 3 is 2.83 bits per heavy atom. The molecule has 5 nitrogen and oxygen atoms in total. The summed E-state index contributed by atoms with van der Waals surface area (Å²) in [6.07, 6.45) is 1.52. The van der Waals surface area contributed by atoms with Crippen LogP contribution < -0.4 is 11.1 Å². The molecule has 1 aliphatic heterocycles.